The smallest absolute Gasteiger partial charge is 0.410 e. The number of hydrogen-bond donors (Lipinski definition) is 1. The van der Waals surface area contributed by atoms with E-state index in [1.54, 1.807) is 11.2 Å². The minimum Gasteiger partial charge on any atom is -0.444 e. The zero-order valence-corrected chi connectivity index (χ0v) is 19.7. The van der Waals surface area contributed by atoms with Crippen LogP contribution in [0.5, 0.6) is 0 Å². The summed E-state index contributed by atoms with van der Waals surface area (Å²) in [7, 11) is 0. The van der Waals surface area contributed by atoms with Crippen LogP contribution in [0.2, 0.25) is 0 Å². The molecule has 0 saturated carbocycles. The first kappa shape index (κ1) is 22.8. The molecule has 2 saturated heterocycles. The molecule has 1 aromatic heterocycles. The molecule has 0 bridgehead atoms. The molecule has 8 nitrogen and oxygen atoms in total. The number of piperidine rings is 2. The predicted octanol–water partition coefficient (Wildman–Crippen LogP) is 3.09. The Morgan fingerprint density at radius 3 is 2.53 bits per heavy atom. The number of carbonyl (C=O) groups excluding carboxylic acids is 2. The fourth-order valence-electron chi connectivity index (χ4n) is 5.01. The molecule has 0 radical (unpaired) electrons. The van der Waals surface area contributed by atoms with Crippen molar-refractivity contribution in [2.75, 3.05) is 31.1 Å². The molecule has 8 heteroatoms. The van der Waals surface area contributed by atoms with Gasteiger partial charge in [-0.15, -0.1) is 0 Å². The van der Waals surface area contributed by atoms with Crippen LogP contribution in [0.25, 0.3) is 0 Å². The second-order valence-corrected chi connectivity index (χ2v) is 10.4. The van der Waals surface area contributed by atoms with Crippen molar-refractivity contribution in [2.24, 2.45) is 5.92 Å². The fraction of sp³-hybridized carbons (Fsp3) is 0.750. The summed E-state index contributed by atoms with van der Waals surface area (Å²) in [6, 6.07) is 0.174. The second kappa shape index (κ2) is 9.63. The Kier molecular flexibility index (Phi) is 6.86. The first-order valence-electron chi connectivity index (χ1n) is 12.2. The van der Waals surface area contributed by atoms with Crippen LogP contribution in [0.15, 0.2) is 6.33 Å². The summed E-state index contributed by atoms with van der Waals surface area (Å²) in [5.74, 6) is 0.999. The lowest BCUT2D eigenvalue weighted by atomic mass is 9.94. The van der Waals surface area contributed by atoms with Crippen molar-refractivity contribution in [2.45, 2.75) is 83.8 Å². The van der Waals surface area contributed by atoms with E-state index < -0.39 is 5.60 Å². The molecule has 3 heterocycles. The maximum atomic E-state index is 12.9. The van der Waals surface area contributed by atoms with E-state index in [1.165, 1.54) is 24.1 Å². The van der Waals surface area contributed by atoms with E-state index in [0.29, 0.717) is 13.1 Å². The molecular weight excluding hydrogens is 406 g/mol. The summed E-state index contributed by atoms with van der Waals surface area (Å²) in [6.45, 7) is 8.47. The van der Waals surface area contributed by atoms with Gasteiger partial charge in [-0.25, -0.2) is 14.8 Å². The van der Waals surface area contributed by atoms with Crippen LogP contribution in [-0.2, 0) is 22.4 Å². The SMILES string of the molecule is CC(C)(C)OC(=O)N1CCC[C@H](C(=O)NC2CCN(c3ncnc4c3CCCC4)CC2)C1. The van der Waals surface area contributed by atoms with Crippen molar-refractivity contribution in [3.63, 3.8) is 0 Å². The minimum absolute atomic E-state index is 0.0659. The molecule has 3 aliphatic rings. The van der Waals surface area contributed by atoms with Crippen LogP contribution in [-0.4, -0.2) is 64.7 Å². The van der Waals surface area contributed by atoms with E-state index in [0.717, 1.165) is 57.4 Å². The van der Waals surface area contributed by atoms with Gasteiger partial charge in [0.25, 0.3) is 0 Å². The van der Waals surface area contributed by atoms with Crippen molar-refractivity contribution in [1.29, 1.82) is 0 Å². The maximum Gasteiger partial charge on any atom is 0.410 e. The Morgan fingerprint density at radius 1 is 1.03 bits per heavy atom. The number of fused-ring (bicyclic) bond motifs is 1. The molecule has 2 amide bonds. The van der Waals surface area contributed by atoms with Gasteiger partial charge in [0, 0.05) is 43.5 Å². The average molecular weight is 444 g/mol. The number of nitrogens with one attached hydrogen (secondary N) is 1. The van der Waals surface area contributed by atoms with Gasteiger partial charge < -0.3 is 19.9 Å². The van der Waals surface area contributed by atoms with E-state index >= 15 is 0 Å². The Labute approximate surface area is 191 Å². The number of rotatable bonds is 3. The molecule has 2 fully saturated rings. The minimum atomic E-state index is -0.525. The third-order valence-corrected chi connectivity index (χ3v) is 6.69. The third-order valence-electron chi connectivity index (χ3n) is 6.69. The van der Waals surface area contributed by atoms with Crippen LogP contribution in [0, 0.1) is 5.92 Å². The van der Waals surface area contributed by atoms with Crippen LogP contribution in [0.4, 0.5) is 10.6 Å². The zero-order valence-electron chi connectivity index (χ0n) is 19.7. The van der Waals surface area contributed by atoms with Gasteiger partial charge in [0.1, 0.15) is 17.7 Å². The number of aromatic nitrogens is 2. The molecule has 0 spiro atoms. The van der Waals surface area contributed by atoms with Crippen molar-refractivity contribution in [1.82, 2.24) is 20.2 Å². The lowest BCUT2D eigenvalue weighted by molar-refractivity contribution is -0.127. The molecule has 1 aromatic rings. The lowest BCUT2D eigenvalue weighted by Gasteiger charge is -2.37. The maximum absolute atomic E-state index is 12.9. The highest BCUT2D eigenvalue weighted by Crippen LogP contribution is 2.29. The molecule has 32 heavy (non-hydrogen) atoms. The van der Waals surface area contributed by atoms with E-state index in [2.05, 4.69) is 20.2 Å². The Bertz CT molecular complexity index is 829. The van der Waals surface area contributed by atoms with Crippen molar-refractivity contribution in [3.05, 3.63) is 17.6 Å². The quantitative estimate of drug-likeness (QED) is 0.772. The summed E-state index contributed by atoms with van der Waals surface area (Å²) in [5, 5.41) is 3.25. The number of nitrogens with zero attached hydrogens (tertiary/aromatic N) is 4. The van der Waals surface area contributed by atoms with E-state index in [-0.39, 0.29) is 24.0 Å². The second-order valence-electron chi connectivity index (χ2n) is 10.4. The molecule has 2 aliphatic heterocycles. The highest BCUT2D eigenvalue weighted by atomic mass is 16.6. The van der Waals surface area contributed by atoms with Gasteiger partial charge >= 0.3 is 6.09 Å². The van der Waals surface area contributed by atoms with Gasteiger partial charge in [0.15, 0.2) is 0 Å². The fourth-order valence-corrected chi connectivity index (χ4v) is 5.01. The monoisotopic (exact) mass is 443 g/mol. The van der Waals surface area contributed by atoms with Gasteiger partial charge in [-0.1, -0.05) is 0 Å². The molecular formula is C24H37N5O3. The van der Waals surface area contributed by atoms with Crippen LogP contribution in [0.1, 0.15) is 70.6 Å². The third kappa shape index (κ3) is 5.51. The van der Waals surface area contributed by atoms with Gasteiger partial charge in [0.2, 0.25) is 5.91 Å². The summed E-state index contributed by atoms with van der Waals surface area (Å²) < 4.78 is 5.49. The van der Waals surface area contributed by atoms with Crippen molar-refractivity contribution < 1.29 is 14.3 Å². The first-order valence-corrected chi connectivity index (χ1v) is 12.2. The Balaban J connectivity index is 1.28. The van der Waals surface area contributed by atoms with Gasteiger partial charge in [0.05, 0.1) is 5.92 Å². The van der Waals surface area contributed by atoms with E-state index in [1.807, 2.05) is 20.8 Å². The number of likely N-dealkylation sites (tertiary alicyclic amines) is 1. The average Bonchev–Trinajstić information content (AvgIpc) is 2.78. The molecule has 0 unspecified atom stereocenters. The summed E-state index contributed by atoms with van der Waals surface area (Å²) in [5.41, 5.74) is 2.01. The number of anilines is 1. The highest BCUT2D eigenvalue weighted by molar-refractivity contribution is 5.80. The van der Waals surface area contributed by atoms with Crippen LogP contribution >= 0.6 is 0 Å². The van der Waals surface area contributed by atoms with Crippen LogP contribution < -0.4 is 10.2 Å². The van der Waals surface area contributed by atoms with E-state index in [4.69, 9.17) is 4.74 Å². The highest BCUT2D eigenvalue weighted by Gasteiger charge is 2.33. The summed E-state index contributed by atoms with van der Waals surface area (Å²) in [4.78, 5) is 38.5. The van der Waals surface area contributed by atoms with Gasteiger partial charge in [-0.05, 0) is 72.1 Å². The van der Waals surface area contributed by atoms with Crippen molar-refractivity contribution >= 4 is 17.8 Å². The van der Waals surface area contributed by atoms with Gasteiger partial charge in [-0.3, -0.25) is 4.79 Å². The molecule has 1 atom stereocenters. The predicted molar refractivity (Wildman–Crippen MR) is 123 cm³/mol. The molecule has 1 N–H and O–H groups in total. The zero-order chi connectivity index (χ0) is 22.7. The molecule has 0 aromatic carbocycles. The number of hydrogen-bond acceptors (Lipinski definition) is 6. The van der Waals surface area contributed by atoms with Gasteiger partial charge in [-0.2, -0.15) is 0 Å². The summed E-state index contributed by atoms with van der Waals surface area (Å²) in [6.07, 6.45) is 9.39. The number of carbonyl (C=O) groups is 2. The normalized spacial score (nSPS) is 22.3. The molecule has 176 valence electrons. The Hall–Kier alpha value is -2.38. The Morgan fingerprint density at radius 2 is 1.78 bits per heavy atom. The van der Waals surface area contributed by atoms with E-state index in [9.17, 15) is 9.59 Å². The summed E-state index contributed by atoms with van der Waals surface area (Å²) >= 11 is 0. The number of aryl methyl sites for hydroxylation is 1. The largest absolute Gasteiger partial charge is 0.444 e. The first-order chi connectivity index (χ1) is 15.3. The number of amides is 2. The standard InChI is InChI=1S/C24H37N5O3/c1-24(2,3)32-23(31)29-12-6-7-17(15-29)22(30)27-18-10-13-28(14-11-18)21-19-8-4-5-9-20(19)25-16-26-21/h16-18H,4-15H2,1-3H3,(H,27,30)/t17-/m0/s1. The van der Waals surface area contributed by atoms with Crippen LogP contribution in [0.3, 0.4) is 0 Å². The number of ether oxygens (including phenoxy) is 1. The molecule has 1 aliphatic carbocycles. The lowest BCUT2D eigenvalue weighted by Crippen LogP contribution is -2.51. The molecule has 4 rings (SSSR count). The van der Waals surface area contributed by atoms with Crippen molar-refractivity contribution in [3.8, 4) is 0 Å². The topological polar surface area (TPSA) is 87.7 Å².